The molecule has 0 aliphatic carbocycles. The molecule has 2 amide bonds. The lowest BCUT2D eigenvalue weighted by molar-refractivity contribution is -0.123. The highest BCUT2D eigenvalue weighted by Crippen LogP contribution is 2.35. The summed E-state index contributed by atoms with van der Waals surface area (Å²) in [6.07, 6.45) is 1.49. The Balaban J connectivity index is 1.92. The Bertz CT molecular complexity index is 1090. The highest BCUT2D eigenvalue weighted by Gasteiger charge is 2.20. The molecule has 3 rings (SSSR count). The number of benzene rings is 3. The zero-order valence-electron chi connectivity index (χ0n) is 19.5. The van der Waals surface area contributed by atoms with Crippen LogP contribution in [-0.2, 0) is 22.7 Å². The molecule has 2 N–H and O–H groups in total. The molecule has 0 saturated heterocycles. The average molecular weight is 461 g/mol. The molecule has 7 nitrogen and oxygen atoms in total. The van der Waals surface area contributed by atoms with Gasteiger partial charge in [0.05, 0.1) is 21.3 Å². The SMILES string of the molecule is COc1cc(OC)c(OC)cc1C=C(C(=O)NCc1ccccc1)C(=O)NCc1ccccc1. The third-order valence-corrected chi connectivity index (χ3v) is 5.12. The maximum absolute atomic E-state index is 13.1. The molecule has 0 aliphatic rings. The molecule has 7 heteroatoms. The molecule has 0 bridgehead atoms. The van der Waals surface area contributed by atoms with E-state index in [0.717, 1.165) is 11.1 Å². The largest absolute Gasteiger partial charge is 0.496 e. The molecule has 0 aliphatic heterocycles. The van der Waals surface area contributed by atoms with Gasteiger partial charge in [0.15, 0.2) is 11.5 Å². The van der Waals surface area contributed by atoms with Crippen molar-refractivity contribution in [2.45, 2.75) is 13.1 Å². The molecule has 0 atom stereocenters. The van der Waals surface area contributed by atoms with Crippen molar-refractivity contribution in [1.29, 1.82) is 0 Å². The topological polar surface area (TPSA) is 85.9 Å². The lowest BCUT2D eigenvalue weighted by Gasteiger charge is -2.14. The summed E-state index contributed by atoms with van der Waals surface area (Å²) in [5.74, 6) is 0.336. The predicted molar refractivity (Wildman–Crippen MR) is 131 cm³/mol. The highest BCUT2D eigenvalue weighted by molar-refractivity contribution is 6.21. The number of amides is 2. The van der Waals surface area contributed by atoms with Crippen LogP contribution in [0, 0.1) is 0 Å². The summed E-state index contributed by atoms with van der Waals surface area (Å²) in [6.45, 7) is 0.568. The van der Waals surface area contributed by atoms with Crippen LogP contribution >= 0.6 is 0 Å². The van der Waals surface area contributed by atoms with E-state index in [4.69, 9.17) is 14.2 Å². The van der Waals surface area contributed by atoms with Crippen LogP contribution in [0.25, 0.3) is 6.08 Å². The summed E-state index contributed by atoms with van der Waals surface area (Å²) in [5, 5.41) is 5.64. The van der Waals surface area contributed by atoms with Crippen LogP contribution in [0.2, 0.25) is 0 Å². The molecule has 176 valence electrons. The maximum atomic E-state index is 13.1. The molecule has 34 heavy (non-hydrogen) atoms. The minimum Gasteiger partial charge on any atom is -0.496 e. The number of rotatable bonds is 10. The second kappa shape index (κ2) is 12.1. The number of carbonyl (C=O) groups excluding carboxylic acids is 2. The van der Waals surface area contributed by atoms with Gasteiger partial charge >= 0.3 is 0 Å². The van der Waals surface area contributed by atoms with E-state index in [0.29, 0.717) is 22.8 Å². The molecule has 0 radical (unpaired) electrons. The standard InChI is InChI=1S/C27H28N2O5/c1-32-23-16-25(34-3)24(33-2)15-21(23)14-22(26(30)28-17-19-10-6-4-7-11-19)27(31)29-18-20-12-8-5-9-13-20/h4-16H,17-18H2,1-3H3,(H,28,30)(H,29,31). The Kier molecular flexibility index (Phi) is 8.68. The van der Waals surface area contributed by atoms with Crippen molar-refractivity contribution in [3.8, 4) is 17.2 Å². The Hall–Kier alpha value is -4.26. The fourth-order valence-electron chi connectivity index (χ4n) is 3.30. The summed E-state index contributed by atoms with van der Waals surface area (Å²) >= 11 is 0. The maximum Gasteiger partial charge on any atom is 0.257 e. The van der Waals surface area contributed by atoms with Crippen molar-refractivity contribution in [2.24, 2.45) is 0 Å². The predicted octanol–water partition coefficient (Wildman–Crippen LogP) is 3.73. The highest BCUT2D eigenvalue weighted by atomic mass is 16.5. The van der Waals surface area contributed by atoms with Gasteiger partial charge in [-0.05, 0) is 23.3 Å². The van der Waals surface area contributed by atoms with E-state index < -0.39 is 11.8 Å². The first kappa shape index (κ1) is 24.4. The Morgan fingerprint density at radius 1 is 0.676 bits per heavy atom. The molecular formula is C27H28N2O5. The van der Waals surface area contributed by atoms with E-state index in [1.54, 1.807) is 12.1 Å². The van der Waals surface area contributed by atoms with Crippen LogP contribution in [0.4, 0.5) is 0 Å². The summed E-state index contributed by atoms with van der Waals surface area (Å²) in [5.41, 5.74) is 2.28. The lowest BCUT2D eigenvalue weighted by Crippen LogP contribution is -2.34. The van der Waals surface area contributed by atoms with E-state index >= 15 is 0 Å². The fraction of sp³-hybridized carbons (Fsp3) is 0.185. The third-order valence-electron chi connectivity index (χ3n) is 5.12. The second-order valence-electron chi connectivity index (χ2n) is 7.34. The summed E-state index contributed by atoms with van der Waals surface area (Å²) in [6, 6.07) is 22.3. The second-order valence-corrected chi connectivity index (χ2v) is 7.34. The van der Waals surface area contributed by atoms with Crippen LogP contribution in [0.15, 0.2) is 78.4 Å². The quantitative estimate of drug-likeness (QED) is 0.274. The smallest absolute Gasteiger partial charge is 0.257 e. The number of hydrogen-bond acceptors (Lipinski definition) is 5. The minimum atomic E-state index is -0.508. The average Bonchev–Trinajstić information content (AvgIpc) is 2.89. The first-order chi connectivity index (χ1) is 16.5. The van der Waals surface area contributed by atoms with Gasteiger partial charge in [-0.3, -0.25) is 9.59 Å². The van der Waals surface area contributed by atoms with Crippen LogP contribution in [0.3, 0.4) is 0 Å². The van der Waals surface area contributed by atoms with Gasteiger partial charge < -0.3 is 24.8 Å². The van der Waals surface area contributed by atoms with E-state index in [2.05, 4.69) is 10.6 Å². The Labute approximate surface area is 199 Å². The molecule has 3 aromatic carbocycles. The Morgan fingerprint density at radius 2 is 1.12 bits per heavy atom. The van der Waals surface area contributed by atoms with Crippen molar-refractivity contribution in [3.05, 3.63) is 95.1 Å². The van der Waals surface area contributed by atoms with Crippen LogP contribution in [0.5, 0.6) is 17.2 Å². The van der Waals surface area contributed by atoms with Crippen LogP contribution in [-0.4, -0.2) is 33.1 Å². The van der Waals surface area contributed by atoms with E-state index in [1.807, 2.05) is 60.7 Å². The van der Waals surface area contributed by atoms with Crippen molar-refractivity contribution in [3.63, 3.8) is 0 Å². The number of carbonyl (C=O) groups is 2. The van der Waals surface area contributed by atoms with Gasteiger partial charge in [-0.15, -0.1) is 0 Å². The monoisotopic (exact) mass is 460 g/mol. The fourth-order valence-corrected chi connectivity index (χ4v) is 3.30. The molecule has 0 unspecified atom stereocenters. The van der Waals surface area contributed by atoms with Gasteiger partial charge in [-0.1, -0.05) is 60.7 Å². The van der Waals surface area contributed by atoms with Crippen LogP contribution in [0.1, 0.15) is 16.7 Å². The molecule has 3 aromatic rings. The van der Waals surface area contributed by atoms with E-state index in [9.17, 15) is 9.59 Å². The summed E-state index contributed by atoms with van der Waals surface area (Å²) in [7, 11) is 4.54. The summed E-state index contributed by atoms with van der Waals surface area (Å²) in [4.78, 5) is 26.2. The molecule has 0 fully saturated rings. The third kappa shape index (κ3) is 6.38. The Morgan fingerprint density at radius 3 is 1.56 bits per heavy atom. The molecular weight excluding hydrogens is 432 g/mol. The number of methoxy groups -OCH3 is 3. The van der Waals surface area contributed by atoms with Gasteiger partial charge in [0.1, 0.15) is 11.3 Å². The zero-order valence-corrected chi connectivity index (χ0v) is 19.5. The first-order valence-corrected chi connectivity index (χ1v) is 10.7. The van der Waals surface area contributed by atoms with Gasteiger partial charge in [0, 0.05) is 24.7 Å². The van der Waals surface area contributed by atoms with Crippen molar-refractivity contribution in [1.82, 2.24) is 10.6 Å². The van der Waals surface area contributed by atoms with Crippen molar-refractivity contribution >= 4 is 17.9 Å². The minimum absolute atomic E-state index is 0.0580. The molecule has 0 aromatic heterocycles. The summed E-state index contributed by atoms with van der Waals surface area (Å²) < 4.78 is 16.2. The normalized spacial score (nSPS) is 10.1. The van der Waals surface area contributed by atoms with E-state index in [1.165, 1.54) is 27.4 Å². The first-order valence-electron chi connectivity index (χ1n) is 10.7. The van der Waals surface area contributed by atoms with E-state index in [-0.39, 0.29) is 18.7 Å². The van der Waals surface area contributed by atoms with Gasteiger partial charge in [-0.2, -0.15) is 0 Å². The van der Waals surface area contributed by atoms with Gasteiger partial charge in [0.2, 0.25) is 0 Å². The van der Waals surface area contributed by atoms with Crippen molar-refractivity contribution < 1.29 is 23.8 Å². The van der Waals surface area contributed by atoms with Gasteiger partial charge in [0.25, 0.3) is 11.8 Å². The van der Waals surface area contributed by atoms with Crippen molar-refractivity contribution in [2.75, 3.05) is 21.3 Å². The molecule has 0 spiro atoms. The zero-order chi connectivity index (χ0) is 24.3. The lowest BCUT2D eigenvalue weighted by atomic mass is 10.1. The number of ether oxygens (including phenoxy) is 3. The molecule has 0 heterocycles. The number of hydrogen-bond donors (Lipinski definition) is 2. The van der Waals surface area contributed by atoms with Crippen LogP contribution < -0.4 is 24.8 Å². The number of nitrogens with one attached hydrogen (secondary N) is 2. The molecule has 0 saturated carbocycles. The van der Waals surface area contributed by atoms with Gasteiger partial charge in [-0.25, -0.2) is 0 Å².